The lowest BCUT2D eigenvalue weighted by Crippen LogP contribution is -2.34. The molecule has 3 rings (SSSR count). The van der Waals surface area contributed by atoms with Crippen LogP contribution in [0.15, 0.2) is 24.5 Å². The molecule has 0 radical (unpaired) electrons. The Morgan fingerprint density at radius 1 is 1.30 bits per heavy atom. The van der Waals surface area contributed by atoms with Crippen LogP contribution in [-0.2, 0) is 6.54 Å². The average molecular weight is 273 g/mol. The highest BCUT2D eigenvalue weighted by Gasteiger charge is 2.25. The van der Waals surface area contributed by atoms with E-state index < -0.39 is 0 Å². The van der Waals surface area contributed by atoms with Gasteiger partial charge in [0.1, 0.15) is 0 Å². The van der Waals surface area contributed by atoms with Crippen LogP contribution in [0.25, 0.3) is 0 Å². The summed E-state index contributed by atoms with van der Waals surface area (Å²) in [6.07, 6.45) is 7.53. The SMILES string of the molecule is CC(C)n1nccc1CN1CCCC[C@@H]1c1ccn[nH]1. The second kappa shape index (κ2) is 5.79. The summed E-state index contributed by atoms with van der Waals surface area (Å²) in [6.45, 7) is 6.47. The Bertz CT molecular complexity index is 528. The molecule has 0 aromatic carbocycles. The average Bonchev–Trinajstić information content (AvgIpc) is 3.09. The number of nitrogens with one attached hydrogen (secondary N) is 1. The van der Waals surface area contributed by atoms with Crippen molar-refractivity contribution >= 4 is 0 Å². The zero-order chi connectivity index (χ0) is 13.9. The Balaban J connectivity index is 1.79. The van der Waals surface area contributed by atoms with Crippen LogP contribution >= 0.6 is 0 Å². The number of hydrogen-bond acceptors (Lipinski definition) is 3. The van der Waals surface area contributed by atoms with Gasteiger partial charge in [-0.3, -0.25) is 14.7 Å². The fourth-order valence-electron chi connectivity index (χ4n) is 3.12. The van der Waals surface area contributed by atoms with Crippen molar-refractivity contribution in [3.05, 3.63) is 35.9 Å². The van der Waals surface area contributed by atoms with E-state index >= 15 is 0 Å². The van der Waals surface area contributed by atoms with Crippen LogP contribution in [0, 0.1) is 0 Å². The van der Waals surface area contributed by atoms with E-state index in [2.05, 4.69) is 50.9 Å². The van der Waals surface area contributed by atoms with E-state index in [-0.39, 0.29) is 0 Å². The summed E-state index contributed by atoms with van der Waals surface area (Å²) in [7, 11) is 0. The molecule has 3 heterocycles. The van der Waals surface area contributed by atoms with Gasteiger partial charge in [-0.1, -0.05) is 6.42 Å². The van der Waals surface area contributed by atoms with Gasteiger partial charge >= 0.3 is 0 Å². The van der Waals surface area contributed by atoms with E-state index in [1.54, 1.807) is 0 Å². The minimum absolute atomic E-state index is 0.412. The molecule has 1 N–H and O–H groups in total. The largest absolute Gasteiger partial charge is 0.289 e. The van der Waals surface area contributed by atoms with Crippen molar-refractivity contribution in [3.8, 4) is 0 Å². The maximum absolute atomic E-state index is 4.44. The minimum Gasteiger partial charge on any atom is -0.289 e. The van der Waals surface area contributed by atoms with E-state index in [1.807, 2.05) is 12.4 Å². The van der Waals surface area contributed by atoms with E-state index in [4.69, 9.17) is 0 Å². The van der Waals surface area contributed by atoms with Gasteiger partial charge in [-0.25, -0.2) is 0 Å². The van der Waals surface area contributed by atoms with Crippen LogP contribution in [0.1, 0.15) is 56.6 Å². The van der Waals surface area contributed by atoms with Crippen molar-refractivity contribution in [3.63, 3.8) is 0 Å². The molecule has 0 aliphatic carbocycles. The first-order chi connectivity index (χ1) is 9.75. The lowest BCUT2D eigenvalue weighted by atomic mass is 9.99. The summed E-state index contributed by atoms with van der Waals surface area (Å²) in [5.74, 6) is 0. The first kappa shape index (κ1) is 13.4. The van der Waals surface area contributed by atoms with Crippen LogP contribution in [0.4, 0.5) is 0 Å². The molecule has 1 aliphatic rings. The van der Waals surface area contributed by atoms with Crippen molar-refractivity contribution in [2.75, 3.05) is 6.54 Å². The molecule has 1 aliphatic heterocycles. The number of hydrogen-bond donors (Lipinski definition) is 1. The molecule has 5 nitrogen and oxygen atoms in total. The fourth-order valence-corrected chi connectivity index (χ4v) is 3.12. The zero-order valence-electron chi connectivity index (χ0n) is 12.3. The molecule has 0 spiro atoms. The second-order valence-corrected chi connectivity index (χ2v) is 5.85. The summed E-state index contributed by atoms with van der Waals surface area (Å²) in [4.78, 5) is 2.55. The predicted molar refractivity (Wildman–Crippen MR) is 78.2 cm³/mol. The van der Waals surface area contributed by atoms with Gasteiger partial charge < -0.3 is 0 Å². The minimum atomic E-state index is 0.412. The maximum Gasteiger partial charge on any atom is 0.0527 e. The van der Waals surface area contributed by atoms with Gasteiger partial charge in [-0.05, 0) is 45.4 Å². The number of piperidine rings is 1. The summed E-state index contributed by atoms with van der Waals surface area (Å²) < 4.78 is 2.12. The summed E-state index contributed by atoms with van der Waals surface area (Å²) >= 11 is 0. The number of nitrogens with zero attached hydrogens (tertiary/aromatic N) is 4. The molecule has 0 bridgehead atoms. The number of rotatable bonds is 4. The van der Waals surface area contributed by atoms with Crippen molar-refractivity contribution in [1.82, 2.24) is 24.9 Å². The van der Waals surface area contributed by atoms with Crippen LogP contribution in [0.2, 0.25) is 0 Å². The maximum atomic E-state index is 4.44. The molecule has 1 saturated heterocycles. The molecule has 0 amide bonds. The Morgan fingerprint density at radius 2 is 2.20 bits per heavy atom. The quantitative estimate of drug-likeness (QED) is 0.932. The van der Waals surface area contributed by atoms with Crippen molar-refractivity contribution in [2.45, 2.75) is 51.7 Å². The highest BCUT2D eigenvalue weighted by atomic mass is 15.3. The number of likely N-dealkylation sites (tertiary alicyclic amines) is 1. The lowest BCUT2D eigenvalue weighted by Gasteiger charge is -2.35. The summed E-state index contributed by atoms with van der Waals surface area (Å²) in [5.41, 5.74) is 2.53. The standard InChI is InChI=1S/C15H23N5/c1-12(2)20-13(6-9-17-20)11-19-10-4-3-5-15(19)14-7-8-16-18-14/h6-9,12,15H,3-5,10-11H2,1-2H3,(H,16,18)/t15-/m1/s1. The topological polar surface area (TPSA) is 49.7 Å². The second-order valence-electron chi connectivity index (χ2n) is 5.85. The molecular formula is C15H23N5. The molecule has 1 fully saturated rings. The van der Waals surface area contributed by atoms with Crippen molar-refractivity contribution < 1.29 is 0 Å². The molecular weight excluding hydrogens is 250 g/mol. The van der Waals surface area contributed by atoms with Gasteiger partial charge in [0.2, 0.25) is 0 Å². The molecule has 108 valence electrons. The molecule has 2 aromatic heterocycles. The van der Waals surface area contributed by atoms with Gasteiger partial charge in [0.15, 0.2) is 0 Å². The first-order valence-corrected chi connectivity index (χ1v) is 7.51. The number of H-pyrrole nitrogens is 1. The van der Waals surface area contributed by atoms with E-state index in [9.17, 15) is 0 Å². The fraction of sp³-hybridized carbons (Fsp3) is 0.600. The monoisotopic (exact) mass is 273 g/mol. The van der Waals surface area contributed by atoms with Crippen molar-refractivity contribution in [1.29, 1.82) is 0 Å². The molecule has 2 aromatic rings. The molecule has 1 atom stereocenters. The highest BCUT2D eigenvalue weighted by Crippen LogP contribution is 2.31. The van der Waals surface area contributed by atoms with Crippen LogP contribution in [0.3, 0.4) is 0 Å². The van der Waals surface area contributed by atoms with Gasteiger partial charge in [-0.2, -0.15) is 10.2 Å². The van der Waals surface area contributed by atoms with Gasteiger partial charge in [-0.15, -0.1) is 0 Å². The Hall–Kier alpha value is -1.62. The van der Waals surface area contributed by atoms with Crippen LogP contribution in [-0.4, -0.2) is 31.4 Å². The molecule has 20 heavy (non-hydrogen) atoms. The third kappa shape index (κ3) is 2.63. The molecule has 0 saturated carbocycles. The highest BCUT2D eigenvalue weighted by molar-refractivity contribution is 5.08. The van der Waals surface area contributed by atoms with Gasteiger partial charge in [0.05, 0.1) is 17.4 Å². The first-order valence-electron chi connectivity index (χ1n) is 7.51. The smallest absolute Gasteiger partial charge is 0.0527 e. The van der Waals surface area contributed by atoms with E-state index in [0.717, 1.165) is 13.1 Å². The van der Waals surface area contributed by atoms with Crippen molar-refractivity contribution in [2.24, 2.45) is 0 Å². The van der Waals surface area contributed by atoms with Crippen LogP contribution in [0.5, 0.6) is 0 Å². The zero-order valence-corrected chi connectivity index (χ0v) is 12.3. The Kier molecular flexibility index (Phi) is 3.87. The summed E-state index contributed by atoms with van der Waals surface area (Å²) in [5, 5.41) is 11.7. The Morgan fingerprint density at radius 3 is 2.95 bits per heavy atom. The summed E-state index contributed by atoms with van der Waals surface area (Å²) in [6, 6.07) is 5.11. The third-order valence-corrected chi connectivity index (χ3v) is 4.10. The van der Waals surface area contributed by atoms with E-state index in [1.165, 1.54) is 30.7 Å². The van der Waals surface area contributed by atoms with Gasteiger partial charge in [0.25, 0.3) is 0 Å². The third-order valence-electron chi connectivity index (χ3n) is 4.10. The van der Waals surface area contributed by atoms with Crippen LogP contribution < -0.4 is 0 Å². The molecule has 0 unspecified atom stereocenters. The molecule has 5 heteroatoms. The number of aromatic nitrogens is 4. The van der Waals surface area contributed by atoms with E-state index in [0.29, 0.717) is 12.1 Å². The Labute approximate surface area is 120 Å². The van der Waals surface area contributed by atoms with Gasteiger partial charge in [0, 0.05) is 25.0 Å². The lowest BCUT2D eigenvalue weighted by molar-refractivity contribution is 0.132. The number of aromatic amines is 1. The normalized spacial score (nSPS) is 20.6. The predicted octanol–water partition coefficient (Wildman–Crippen LogP) is 2.91.